The maximum Gasteiger partial charge on any atom is 0.327 e. The van der Waals surface area contributed by atoms with Gasteiger partial charge in [0.1, 0.15) is 6.33 Å². The van der Waals surface area contributed by atoms with E-state index in [2.05, 4.69) is 16.6 Å². The van der Waals surface area contributed by atoms with Crippen molar-refractivity contribution in [3.63, 3.8) is 0 Å². The second-order valence-corrected chi connectivity index (χ2v) is 5.27. The van der Waals surface area contributed by atoms with E-state index in [9.17, 15) is 4.79 Å². The summed E-state index contributed by atoms with van der Waals surface area (Å²) in [7, 11) is 0. The highest BCUT2D eigenvalue weighted by Crippen LogP contribution is 2.26. The smallest absolute Gasteiger partial charge is 0.327 e. The van der Waals surface area contributed by atoms with Gasteiger partial charge in [-0.15, -0.1) is 0 Å². The molecule has 1 aromatic heterocycles. The quantitative estimate of drug-likeness (QED) is 0.860. The summed E-state index contributed by atoms with van der Waals surface area (Å²) < 4.78 is 1.49. The van der Waals surface area contributed by atoms with Crippen molar-refractivity contribution in [3.8, 4) is 0 Å². The molecule has 5 heteroatoms. The Bertz CT molecular complexity index is 331. The predicted octanol–water partition coefficient (Wildman–Crippen LogP) is 2.12. The highest BCUT2D eigenvalue weighted by Gasteiger charge is 2.21. The van der Waals surface area contributed by atoms with E-state index in [1.54, 1.807) is 12.4 Å². The van der Waals surface area contributed by atoms with Gasteiger partial charge >= 0.3 is 6.03 Å². The van der Waals surface area contributed by atoms with Crippen molar-refractivity contribution in [3.05, 3.63) is 18.7 Å². The lowest BCUT2D eigenvalue weighted by Gasteiger charge is -2.27. The number of amides is 1. The lowest BCUT2D eigenvalue weighted by Crippen LogP contribution is -2.40. The Labute approximate surface area is 99.8 Å². The van der Waals surface area contributed by atoms with Gasteiger partial charge in [-0.2, -0.15) is 11.8 Å². The van der Waals surface area contributed by atoms with Crippen LogP contribution in [-0.2, 0) is 0 Å². The number of thioether (sulfide) groups is 1. The predicted molar refractivity (Wildman–Crippen MR) is 65.7 cm³/mol. The van der Waals surface area contributed by atoms with E-state index in [-0.39, 0.29) is 6.03 Å². The largest absolute Gasteiger partial charge is 0.335 e. The van der Waals surface area contributed by atoms with Crippen molar-refractivity contribution >= 4 is 17.8 Å². The summed E-state index contributed by atoms with van der Waals surface area (Å²) in [5, 5.41) is 3.82. The Hall–Kier alpha value is -0.970. The van der Waals surface area contributed by atoms with Crippen LogP contribution < -0.4 is 5.32 Å². The summed E-state index contributed by atoms with van der Waals surface area (Å²) in [6.45, 7) is 0. The second-order valence-electron chi connectivity index (χ2n) is 4.13. The van der Waals surface area contributed by atoms with Crippen molar-refractivity contribution in [1.29, 1.82) is 0 Å². The summed E-state index contributed by atoms with van der Waals surface area (Å²) >= 11 is 1.94. The van der Waals surface area contributed by atoms with Crippen LogP contribution in [0.5, 0.6) is 0 Å². The van der Waals surface area contributed by atoms with Crippen molar-refractivity contribution in [2.24, 2.45) is 0 Å². The molecule has 0 unspecified atom stereocenters. The second kappa shape index (κ2) is 5.39. The van der Waals surface area contributed by atoms with Gasteiger partial charge in [0.05, 0.1) is 0 Å². The van der Waals surface area contributed by atoms with Crippen LogP contribution in [0.25, 0.3) is 0 Å². The first-order valence-corrected chi connectivity index (χ1v) is 6.90. The van der Waals surface area contributed by atoms with E-state index in [0.29, 0.717) is 6.04 Å². The molecule has 0 saturated heterocycles. The molecule has 1 N–H and O–H groups in total. The van der Waals surface area contributed by atoms with Crippen LogP contribution in [-0.4, -0.2) is 33.1 Å². The van der Waals surface area contributed by atoms with Crippen molar-refractivity contribution < 1.29 is 4.79 Å². The maximum atomic E-state index is 11.7. The highest BCUT2D eigenvalue weighted by atomic mass is 32.2. The topological polar surface area (TPSA) is 46.9 Å². The number of nitrogens with one attached hydrogen (secondary N) is 1. The fraction of sp³-hybridized carbons (Fsp3) is 0.636. The van der Waals surface area contributed by atoms with Gasteiger partial charge < -0.3 is 5.32 Å². The van der Waals surface area contributed by atoms with Crippen LogP contribution in [0.4, 0.5) is 4.79 Å². The zero-order valence-electron chi connectivity index (χ0n) is 9.43. The Morgan fingerprint density at radius 2 is 2.19 bits per heavy atom. The van der Waals surface area contributed by atoms with Gasteiger partial charge in [0, 0.05) is 23.7 Å². The molecule has 0 atom stereocenters. The molecule has 4 nitrogen and oxygen atoms in total. The molecule has 1 amide bonds. The van der Waals surface area contributed by atoms with Crippen LogP contribution in [0.3, 0.4) is 0 Å². The molecule has 1 aliphatic carbocycles. The summed E-state index contributed by atoms with van der Waals surface area (Å²) in [6, 6.07) is 0.267. The molecule has 0 radical (unpaired) electrons. The number of carbonyl (C=O) groups excluding carboxylic acids is 1. The van der Waals surface area contributed by atoms with E-state index in [0.717, 1.165) is 18.1 Å². The molecule has 0 aliphatic heterocycles. The summed E-state index contributed by atoms with van der Waals surface area (Å²) in [5.74, 6) is 0. The molecule has 16 heavy (non-hydrogen) atoms. The SMILES string of the molecule is CSC1CCC(NC(=O)n2ccnc2)CC1. The lowest BCUT2D eigenvalue weighted by molar-refractivity contribution is 0.234. The van der Waals surface area contributed by atoms with Gasteiger partial charge in [0.25, 0.3) is 0 Å². The zero-order valence-corrected chi connectivity index (χ0v) is 10.2. The number of imidazole rings is 1. The molecule has 0 aromatic carbocycles. The van der Waals surface area contributed by atoms with Gasteiger partial charge in [-0.1, -0.05) is 0 Å². The average molecular weight is 239 g/mol. The Kier molecular flexibility index (Phi) is 3.88. The standard InChI is InChI=1S/C11H17N3OS/c1-16-10-4-2-9(3-5-10)13-11(15)14-7-6-12-8-14/h6-10H,2-5H2,1H3,(H,13,15). The molecule has 1 aliphatic rings. The Morgan fingerprint density at radius 3 is 2.75 bits per heavy atom. The normalized spacial score (nSPS) is 25.3. The first-order chi connectivity index (χ1) is 7.79. The van der Waals surface area contributed by atoms with Crippen molar-refractivity contribution in [2.75, 3.05) is 6.26 Å². The fourth-order valence-corrected chi connectivity index (χ4v) is 2.81. The molecular weight excluding hydrogens is 222 g/mol. The Balaban J connectivity index is 1.81. The van der Waals surface area contributed by atoms with Crippen LogP contribution in [0, 0.1) is 0 Å². The molecule has 0 spiro atoms. The number of hydrogen-bond donors (Lipinski definition) is 1. The molecule has 88 valence electrons. The molecule has 0 bridgehead atoms. The van der Waals surface area contributed by atoms with E-state index in [1.807, 2.05) is 11.8 Å². The molecule has 1 fully saturated rings. The highest BCUT2D eigenvalue weighted by molar-refractivity contribution is 7.99. The van der Waals surface area contributed by atoms with Gasteiger partial charge in [-0.25, -0.2) is 9.78 Å². The number of carbonyl (C=O) groups is 1. The van der Waals surface area contributed by atoms with Crippen LogP contribution in [0.15, 0.2) is 18.7 Å². The third-order valence-corrected chi connectivity index (χ3v) is 4.21. The summed E-state index contributed by atoms with van der Waals surface area (Å²) in [6.07, 6.45) is 11.6. The molecular formula is C11H17N3OS. The van der Waals surface area contributed by atoms with Gasteiger partial charge in [0.2, 0.25) is 0 Å². The average Bonchev–Trinajstić information content (AvgIpc) is 2.83. The minimum atomic E-state index is -0.0647. The van der Waals surface area contributed by atoms with Crippen LogP contribution >= 0.6 is 11.8 Å². The molecule has 1 heterocycles. The monoisotopic (exact) mass is 239 g/mol. The first kappa shape index (κ1) is 11.5. The maximum absolute atomic E-state index is 11.7. The third kappa shape index (κ3) is 2.78. The summed E-state index contributed by atoms with van der Waals surface area (Å²) in [5.41, 5.74) is 0. The van der Waals surface area contributed by atoms with Gasteiger partial charge in [-0.05, 0) is 31.9 Å². The van der Waals surface area contributed by atoms with Gasteiger partial charge in [-0.3, -0.25) is 4.57 Å². The van der Waals surface area contributed by atoms with E-state index in [4.69, 9.17) is 0 Å². The van der Waals surface area contributed by atoms with Crippen LogP contribution in [0.2, 0.25) is 0 Å². The molecule has 1 aromatic rings. The van der Waals surface area contributed by atoms with E-state index >= 15 is 0 Å². The zero-order chi connectivity index (χ0) is 11.4. The first-order valence-electron chi connectivity index (χ1n) is 5.61. The molecule has 1 saturated carbocycles. The number of rotatable bonds is 2. The molecule has 2 rings (SSSR count). The minimum Gasteiger partial charge on any atom is -0.335 e. The number of aromatic nitrogens is 2. The van der Waals surface area contributed by atoms with Crippen molar-refractivity contribution in [2.45, 2.75) is 37.0 Å². The van der Waals surface area contributed by atoms with Gasteiger partial charge in [0.15, 0.2) is 0 Å². The summed E-state index contributed by atoms with van der Waals surface area (Å²) in [4.78, 5) is 15.6. The van der Waals surface area contributed by atoms with E-state index in [1.165, 1.54) is 23.7 Å². The lowest BCUT2D eigenvalue weighted by atomic mass is 9.95. The van der Waals surface area contributed by atoms with Crippen LogP contribution in [0.1, 0.15) is 25.7 Å². The number of nitrogens with zero attached hydrogens (tertiary/aromatic N) is 2. The number of hydrogen-bond acceptors (Lipinski definition) is 3. The Morgan fingerprint density at radius 1 is 1.44 bits per heavy atom. The minimum absolute atomic E-state index is 0.0647. The van der Waals surface area contributed by atoms with Crippen molar-refractivity contribution in [1.82, 2.24) is 14.9 Å². The van der Waals surface area contributed by atoms with E-state index < -0.39 is 0 Å². The third-order valence-electron chi connectivity index (χ3n) is 3.07. The fourth-order valence-electron chi connectivity index (χ4n) is 2.07.